The summed E-state index contributed by atoms with van der Waals surface area (Å²) in [5, 5.41) is 13.8. The number of hydrogen-bond donors (Lipinski definition) is 4. The molecule has 3 aliphatic heterocycles. The monoisotopic (exact) mass is 1630 g/mol. The summed E-state index contributed by atoms with van der Waals surface area (Å²) in [5.41, 5.74) is 16.4. The van der Waals surface area contributed by atoms with Gasteiger partial charge in [0.2, 0.25) is 17.6 Å². The first kappa shape index (κ1) is 81.4. The first-order chi connectivity index (χ1) is 59.7. The Labute approximate surface area is 705 Å². The van der Waals surface area contributed by atoms with Crippen LogP contribution in [0.5, 0.6) is 17.6 Å². The fourth-order valence-electron chi connectivity index (χ4n) is 16.6. The normalized spacial score (nSPS) is 14.0. The first-order valence-electron chi connectivity index (χ1n) is 41.6. The van der Waals surface area contributed by atoms with Crippen molar-refractivity contribution in [3.63, 3.8) is 0 Å². The summed E-state index contributed by atoms with van der Waals surface area (Å²) in [7, 11) is 0. The van der Waals surface area contributed by atoms with Gasteiger partial charge in [-0.05, 0) is 250 Å². The Morgan fingerprint density at radius 2 is 0.656 bits per heavy atom. The van der Waals surface area contributed by atoms with Crippen molar-refractivity contribution in [3.8, 4) is 34.7 Å². The lowest BCUT2D eigenvalue weighted by atomic mass is 10.1. The largest absolute Gasteiger partial charge is 0.479 e. The fourth-order valence-corrected chi connectivity index (χ4v) is 16.6. The maximum atomic E-state index is 13.1. The lowest BCUT2D eigenvalue weighted by Gasteiger charge is -2.36. The zero-order valence-electron chi connectivity index (χ0n) is 68.3. The van der Waals surface area contributed by atoms with Crippen molar-refractivity contribution in [2.75, 3.05) is 133 Å². The van der Waals surface area contributed by atoms with E-state index in [1.165, 1.54) is 44.9 Å². The molecule has 0 saturated carbocycles. The molecule has 0 radical (unpaired) electrons. The third-order valence-corrected chi connectivity index (χ3v) is 23.1. The molecule has 3 fully saturated rings. The second-order valence-corrected chi connectivity index (χ2v) is 30.6. The number of aryl methyl sites for hydroxylation is 3. The number of piperazine rings is 3. The highest BCUT2D eigenvalue weighted by molar-refractivity contribution is 5.89. The van der Waals surface area contributed by atoms with Gasteiger partial charge in [0.1, 0.15) is 0 Å². The summed E-state index contributed by atoms with van der Waals surface area (Å²) in [6.45, 7) is 41.3. The molecule has 26 heteroatoms. The van der Waals surface area contributed by atoms with E-state index in [1.807, 2.05) is 117 Å². The van der Waals surface area contributed by atoms with Gasteiger partial charge in [-0.15, -0.1) is 0 Å². The van der Waals surface area contributed by atoms with Crippen molar-refractivity contribution in [2.45, 2.75) is 52.4 Å². The highest BCUT2D eigenvalue weighted by Gasteiger charge is 2.23. The Kier molecular flexibility index (Phi) is 25.2. The van der Waals surface area contributed by atoms with E-state index in [1.54, 1.807) is 68.7 Å². The zero-order chi connectivity index (χ0) is 84.0. The molecule has 0 unspecified atom stereocenters. The molecule has 3 aliphatic rings. The van der Waals surface area contributed by atoms with Crippen molar-refractivity contribution >= 4 is 106 Å². The summed E-state index contributed by atoms with van der Waals surface area (Å²) < 4.78 is 21.0. The van der Waals surface area contributed by atoms with Gasteiger partial charge in [0.15, 0.2) is 23.7 Å². The lowest BCUT2D eigenvalue weighted by molar-refractivity contribution is -0.139. The molecule has 0 amide bonds. The molecular formula is C96H94N18O8. The van der Waals surface area contributed by atoms with E-state index < -0.39 is 12.6 Å². The lowest BCUT2D eigenvalue weighted by Crippen LogP contribution is -2.46. The standard InChI is InChI=1S/C32H30N6O4.2C32H32N6O2/c1-33-23-4-10-28-27(19-23)22(20-34-28)3-2-13-36-15-17-37(18-16-36)24-5-7-25(8-6-24)38-14-12-29-26(32(38)41)9-11-30(35-29)42-21-31(39)40;2*1-3-40-31-13-11-27-30(35-31)14-16-38(32(27)39)26-9-7-25(8-10-26)37-19-17-36(18-20-37)15-4-5-23-22-34-29-12-6-24(33-2)21-28(23)29/h4-12,14,19-20,34H,2-3,13,15-18,21H2,(H,39,40);2*6-14,16,21-22,34H,3-5,15,17-20H2,1H3. The van der Waals surface area contributed by atoms with Gasteiger partial charge in [-0.3, -0.25) is 42.8 Å². The number of carbonyl (C=O) groups is 1. The number of carboxylic acids is 1. The van der Waals surface area contributed by atoms with Crippen molar-refractivity contribution in [3.05, 3.63) is 301 Å². The smallest absolute Gasteiger partial charge is 0.341 e. The Morgan fingerprint density at radius 1 is 0.369 bits per heavy atom. The van der Waals surface area contributed by atoms with E-state index in [2.05, 4.69) is 129 Å². The van der Waals surface area contributed by atoms with Crippen molar-refractivity contribution < 1.29 is 24.1 Å². The molecule has 0 spiro atoms. The molecule has 4 N–H and O–H groups in total. The topological polar surface area (TPSA) is 250 Å². The first-order valence-corrected chi connectivity index (χ1v) is 41.6. The van der Waals surface area contributed by atoms with Crippen LogP contribution in [-0.4, -0.2) is 187 Å². The van der Waals surface area contributed by atoms with Gasteiger partial charge in [0.05, 0.1) is 65.6 Å². The summed E-state index contributed by atoms with van der Waals surface area (Å²) in [4.78, 5) is 98.7. The van der Waals surface area contributed by atoms with Crippen LogP contribution < -0.4 is 45.6 Å². The minimum atomic E-state index is -1.09. The van der Waals surface area contributed by atoms with Crippen LogP contribution in [0.2, 0.25) is 0 Å². The molecular weight excluding hydrogens is 1530 g/mol. The van der Waals surface area contributed by atoms with Gasteiger partial charge in [0, 0.05) is 185 Å². The number of ether oxygens (including phenoxy) is 3. The minimum Gasteiger partial charge on any atom is -0.479 e. The average Bonchev–Trinajstić information content (AvgIpc) is 1.11. The van der Waals surface area contributed by atoms with Gasteiger partial charge >= 0.3 is 5.97 Å². The fraction of sp³-hybridized carbons (Fsp3) is 0.271. The number of H-pyrrole nitrogens is 3. The second kappa shape index (κ2) is 37.7. The molecule has 122 heavy (non-hydrogen) atoms. The van der Waals surface area contributed by atoms with E-state index in [0.29, 0.717) is 74.7 Å². The van der Waals surface area contributed by atoms with Crippen LogP contribution in [0, 0.1) is 19.7 Å². The molecule has 18 rings (SSSR count). The molecule has 12 heterocycles. The van der Waals surface area contributed by atoms with Crippen LogP contribution >= 0.6 is 0 Å². The van der Waals surface area contributed by atoms with Gasteiger partial charge in [0.25, 0.3) is 16.7 Å². The quantitative estimate of drug-likeness (QED) is 0.0388. The Bertz CT molecular complexity index is 6320. The molecule has 0 aliphatic carbocycles. The van der Waals surface area contributed by atoms with E-state index in [4.69, 9.17) is 39.0 Å². The number of rotatable bonds is 25. The van der Waals surface area contributed by atoms with Crippen LogP contribution in [-0.2, 0) is 24.1 Å². The van der Waals surface area contributed by atoms with E-state index in [-0.39, 0.29) is 22.6 Å². The number of pyridine rings is 6. The number of nitrogens with zero attached hydrogens (tertiary/aromatic N) is 15. The summed E-state index contributed by atoms with van der Waals surface area (Å²) in [6, 6.07) is 57.6. The van der Waals surface area contributed by atoms with Gasteiger partial charge < -0.3 is 49.0 Å². The number of nitrogens with one attached hydrogen (secondary N) is 3. The maximum Gasteiger partial charge on any atom is 0.341 e. The molecule has 26 nitrogen and oxygen atoms in total. The number of aromatic nitrogens is 9. The highest BCUT2D eigenvalue weighted by Crippen LogP contribution is 2.31. The predicted octanol–water partition coefficient (Wildman–Crippen LogP) is 15.8. The van der Waals surface area contributed by atoms with Crippen molar-refractivity contribution in [2.24, 2.45) is 0 Å². The molecule has 9 aromatic heterocycles. The Morgan fingerprint density at radius 3 is 0.934 bits per heavy atom. The van der Waals surface area contributed by atoms with E-state index in [9.17, 15) is 19.2 Å². The highest BCUT2D eigenvalue weighted by atomic mass is 16.5. The van der Waals surface area contributed by atoms with Crippen molar-refractivity contribution in [1.29, 1.82) is 0 Å². The molecule has 616 valence electrons. The Hall–Kier alpha value is -14.4. The number of hydrogen-bond acceptors (Lipinski definition) is 16. The number of aliphatic carboxylic acids is 1. The third kappa shape index (κ3) is 18.7. The number of benzene rings is 6. The predicted molar refractivity (Wildman–Crippen MR) is 482 cm³/mol. The molecule has 3 saturated heterocycles. The van der Waals surface area contributed by atoms with E-state index >= 15 is 0 Å². The zero-order valence-corrected chi connectivity index (χ0v) is 68.3. The average molecular weight is 1630 g/mol. The molecule has 15 aromatic rings. The number of aromatic amines is 3. The van der Waals surface area contributed by atoms with Crippen LogP contribution in [0.15, 0.2) is 234 Å². The van der Waals surface area contributed by atoms with Crippen molar-refractivity contribution in [1.82, 2.24) is 58.3 Å². The van der Waals surface area contributed by atoms with Crippen LogP contribution in [0.1, 0.15) is 49.8 Å². The summed E-state index contributed by atoms with van der Waals surface area (Å²) in [6.07, 6.45) is 17.7. The van der Waals surface area contributed by atoms with Gasteiger partial charge in [-0.1, -0.05) is 18.2 Å². The molecule has 0 bridgehead atoms. The SMILES string of the molecule is [C-]#[N+]c1ccc2[nH]cc(CCCN3CCN(c4ccc(-n5ccc6nc(OCC(=O)O)ccc6c5=O)cc4)CC3)c2c1.[C-]#[N+]c1ccc2[nH]cc(CCCN3CCN(c4ccc(-n5ccc6nc(OCC)ccc6c5=O)cc4)CC3)c2c1.[C-]#[N+]c1ccc2[nH]cc(CCCN3CCN(c4ccc(-n5ccc6nc(OCC)ccc6c5=O)cc4)CC3)c2c1. The number of carboxylic acid groups (broad SMARTS) is 1. The molecule has 6 aromatic carbocycles. The van der Waals surface area contributed by atoms with Crippen LogP contribution in [0.4, 0.5) is 34.1 Å². The van der Waals surface area contributed by atoms with Gasteiger partial charge in [-0.2, -0.15) is 0 Å². The summed E-state index contributed by atoms with van der Waals surface area (Å²) >= 11 is 0. The van der Waals surface area contributed by atoms with E-state index in [0.717, 1.165) is 181 Å². The summed E-state index contributed by atoms with van der Waals surface area (Å²) in [5.74, 6) is 0.133. The minimum absolute atomic E-state index is 0.0890. The second-order valence-electron chi connectivity index (χ2n) is 30.6. The van der Waals surface area contributed by atoms with Gasteiger partial charge in [-0.25, -0.2) is 34.3 Å². The molecule has 0 atom stereocenters. The Balaban J connectivity index is 0.000000136. The van der Waals surface area contributed by atoms with Crippen LogP contribution in [0.3, 0.4) is 0 Å². The van der Waals surface area contributed by atoms with Crippen LogP contribution in [0.25, 0.3) is 97.0 Å². The third-order valence-electron chi connectivity index (χ3n) is 23.1. The maximum absolute atomic E-state index is 13.1. The number of fused-ring (bicyclic) bond motifs is 6. The number of anilines is 3.